The first-order valence-corrected chi connectivity index (χ1v) is 8.55. The van der Waals surface area contributed by atoms with Crippen LogP contribution in [0.25, 0.3) is 0 Å². The molecule has 136 valence electrons. The molecule has 0 aliphatic carbocycles. The van der Waals surface area contributed by atoms with Gasteiger partial charge in [-0.25, -0.2) is 9.37 Å². The Hall–Kier alpha value is -3.59. The Labute approximate surface area is 156 Å². The lowest BCUT2D eigenvalue weighted by molar-refractivity contribution is 0.0953. The van der Waals surface area contributed by atoms with Crippen molar-refractivity contribution in [2.24, 2.45) is 0 Å². The molecule has 2 heterocycles. The van der Waals surface area contributed by atoms with Crippen LogP contribution in [0.4, 0.5) is 10.2 Å². The quantitative estimate of drug-likeness (QED) is 0.482. The van der Waals surface area contributed by atoms with Crippen molar-refractivity contribution in [2.75, 3.05) is 12.3 Å². The predicted molar refractivity (Wildman–Crippen MR) is 102 cm³/mol. The van der Waals surface area contributed by atoms with E-state index in [4.69, 9.17) is 5.73 Å². The summed E-state index contributed by atoms with van der Waals surface area (Å²) in [6.45, 7) is 0.560. The second kappa shape index (κ2) is 8.68. The number of carbonyl (C=O) groups is 1. The van der Waals surface area contributed by atoms with Crippen LogP contribution < -0.4 is 11.1 Å². The zero-order valence-electron chi connectivity index (χ0n) is 14.6. The maximum atomic E-state index is 12.9. The Morgan fingerprint density at radius 1 is 1.22 bits per heavy atom. The van der Waals surface area contributed by atoms with Crippen LogP contribution in [0.1, 0.15) is 33.5 Å². The van der Waals surface area contributed by atoms with Crippen molar-refractivity contribution in [3.05, 3.63) is 83.1 Å². The smallest absolute Gasteiger partial charge is 0.252 e. The highest BCUT2D eigenvalue weighted by Crippen LogP contribution is 2.10. The fourth-order valence-electron chi connectivity index (χ4n) is 2.48. The lowest BCUT2D eigenvalue weighted by atomic mass is 10.1. The van der Waals surface area contributed by atoms with Gasteiger partial charge >= 0.3 is 0 Å². The van der Waals surface area contributed by atoms with E-state index in [1.807, 2.05) is 18.5 Å². The summed E-state index contributed by atoms with van der Waals surface area (Å²) in [4.78, 5) is 19.3. The number of nitrogen functional groups attached to an aromatic ring is 1. The summed E-state index contributed by atoms with van der Waals surface area (Å²) in [7, 11) is 0. The molecule has 5 nitrogen and oxygen atoms in total. The molecule has 0 bridgehead atoms. The van der Waals surface area contributed by atoms with Crippen LogP contribution in [0.2, 0.25) is 0 Å². The number of carbonyl (C=O) groups excluding carboxylic acids is 1. The molecule has 0 unspecified atom stereocenters. The number of nitrogens with two attached hydrogens (primary N) is 1. The minimum atomic E-state index is -0.322. The van der Waals surface area contributed by atoms with Crippen molar-refractivity contribution in [1.29, 1.82) is 0 Å². The third-order valence-corrected chi connectivity index (χ3v) is 3.96. The lowest BCUT2D eigenvalue weighted by Crippen LogP contribution is -2.25. The van der Waals surface area contributed by atoms with Gasteiger partial charge in [-0.3, -0.25) is 4.79 Å². The fraction of sp³-hybridized carbons (Fsp3) is 0.143. The van der Waals surface area contributed by atoms with E-state index in [9.17, 15) is 9.18 Å². The van der Waals surface area contributed by atoms with E-state index in [-0.39, 0.29) is 17.5 Å². The van der Waals surface area contributed by atoms with Gasteiger partial charge in [0.15, 0.2) is 0 Å². The lowest BCUT2D eigenvalue weighted by Gasteiger charge is -2.06. The summed E-state index contributed by atoms with van der Waals surface area (Å²) >= 11 is 0. The second-order valence-corrected chi connectivity index (χ2v) is 5.99. The highest BCUT2D eigenvalue weighted by atomic mass is 19.1. The normalized spacial score (nSPS) is 10.1. The molecule has 0 aliphatic heterocycles. The number of halogens is 1. The van der Waals surface area contributed by atoms with Crippen LogP contribution in [0.5, 0.6) is 0 Å². The number of aromatic amines is 1. The SMILES string of the molecule is Nc1ncc(C(=O)NCCCc2cc[nH]c2)cc1C#Cc1ccc(F)cc1. The summed E-state index contributed by atoms with van der Waals surface area (Å²) < 4.78 is 12.9. The highest BCUT2D eigenvalue weighted by Gasteiger charge is 2.08. The molecule has 0 atom stereocenters. The Bertz CT molecular complexity index is 970. The Morgan fingerprint density at radius 3 is 2.78 bits per heavy atom. The van der Waals surface area contributed by atoms with E-state index in [1.165, 1.54) is 23.9 Å². The first-order chi connectivity index (χ1) is 13.1. The molecule has 0 aliphatic rings. The number of hydrogen-bond acceptors (Lipinski definition) is 3. The summed E-state index contributed by atoms with van der Waals surface area (Å²) in [6.07, 6.45) is 6.97. The number of aromatic nitrogens is 2. The van der Waals surface area contributed by atoms with Gasteiger partial charge in [0.05, 0.1) is 11.1 Å². The molecular formula is C21H19FN4O. The minimum Gasteiger partial charge on any atom is -0.383 e. The van der Waals surface area contributed by atoms with Gasteiger partial charge in [0.1, 0.15) is 11.6 Å². The van der Waals surface area contributed by atoms with Gasteiger partial charge in [-0.15, -0.1) is 0 Å². The first-order valence-electron chi connectivity index (χ1n) is 8.55. The van der Waals surface area contributed by atoms with E-state index >= 15 is 0 Å². The first kappa shape index (κ1) is 18.2. The number of H-pyrrole nitrogens is 1. The number of pyridine rings is 1. The maximum absolute atomic E-state index is 12.9. The molecule has 1 amide bonds. The van der Waals surface area contributed by atoms with Gasteiger partial charge in [-0.2, -0.15) is 0 Å². The maximum Gasteiger partial charge on any atom is 0.252 e. The average Bonchev–Trinajstić information content (AvgIpc) is 3.19. The number of hydrogen-bond donors (Lipinski definition) is 3. The number of anilines is 1. The number of aryl methyl sites for hydroxylation is 1. The van der Waals surface area contributed by atoms with Crippen LogP contribution in [0.15, 0.2) is 55.0 Å². The van der Waals surface area contributed by atoms with Gasteiger partial charge in [-0.05, 0) is 54.8 Å². The van der Waals surface area contributed by atoms with Crippen LogP contribution >= 0.6 is 0 Å². The molecule has 2 aromatic heterocycles. The second-order valence-electron chi connectivity index (χ2n) is 5.99. The summed E-state index contributed by atoms with van der Waals surface area (Å²) in [5, 5.41) is 2.87. The molecule has 3 aromatic rings. The summed E-state index contributed by atoms with van der Waals surface area (Å²) in [5.74, 6) is 5.48. The van der Waals surface area contributed by atoms with E-state index < -0.39 is 0 Å². The molecule has 0 fully saturated rings. The highest BCUT2D eigenvalue weighted by molar-refractivity contribution is 5.94. The molecule has 4 N–H and O–H groups in total. The van der Waals surface area contributed by atoms with Crippen molar-refractivity contribution >= 4 is 11.7 Å². The van der Waals surface area contributed by atoms with Crippen LogP contribution in [0, 0.1) is 17.7 Å². The molecule has 0 spiro atoms. The third-order valence-electron chi connectivity index (χ3n) is 3.96. The van der Waals surface area contributed by atoms with Crippen molar-refractivity contribution in [1.82, 2.24) is 15.3 Å². The number of rotatable bonds is 5. The van der Waals surface area contributed by atoms with Gasteiger partial charge < -0.3 is 16.0 Å². The predicted octanol–water partition coefficient (Wildman–Crippen LogP) is 2.89. The van der Waals surface area contributed by atoms with E-state index in [2.05, 4.69) is 27.1 Å². The zero-order valence-corrected chi connectivity index (χ0v) is 14.6. The molecule has 0 saturated heterocycles. The minimum absolute atomic E-state index is 0.221. The Balaban J connectivity index is 1.62. The zero-order chi connectivity index (χ0) is 19.1. The van der Waals surface area contributed by atoms with E-state index in [0.29, 0.717) is 23.2 Å². The summed E-state index contributed by atoms with van der Waals surface area (Å²) in [5.41, 5.74) is 8.55. The summed E-state index contributed by atoms with van der Waals surface area (Å²) in [6, 6.07) is 9.45. The molecular weight excluding hydrogens is 343 g/mol. The van der Waals surface area contributed by atoms with Crippen LogP contribution in [-0.4, -0.2) is 22.4 Å². The van der Waals surface area contributed by atoms with E-state index in [1.54, 1.807) is 18.2 Å². The Morgan fingerprint density at radius 2 is 2.04 bits per heavy atom. The standard InChI is InChI=1S/C21H19FN4O/c22-19-7-4-15(5-8-19)3-6-17-12-18(14-26-20(17)23)21(27)25-10-1-2-16-9-11-24-13-16/h4-5,7-9,11-14,24H,1-2,10H2,(H2,23,26)(H,25,27). The largest absolute Gasteiger partial charge is 0.383 e. The van der Waals surface area contributed by atoms with Crippen LogP contribution in [0.3, 0.4) is 0 Å². The molecule has 0 saturated carbocycles. The molecule has 6 heteroatoms. The van der Waals surface area contributed by atoms with Gasteiger partial charge in [0, 0.05) is 30.7 Å². The topological polar surface area (TPSA) is 83.8 Å². The number of nitrogens with one attached hydrogen (secondary N) is 2. The van der Waals surface area contributed by atoms with Crippen LogP contribution in [-0.2, 0) is 6.42 Å². The van der Waals surface area contributed by atoms with Gasteiger partial charge in [0.2, 0.25) is 0 Å². The van der Waals surface area contributed by atoms with Crippen molar-refractivity contribution in [3.63, 3.8) is 0 Å². The van der Waals surface area contributed by atoms with Crippen molar-refractivity contribution in [2.45, 2.75) is 12.8 Å². The molecule has 0 radical (unpaired) electrons. The number of amides is 1. The fourth-order valence-corrected chi connectivity index (χ4v) is 2.48. The monoisotopic (exact) mass is 362 g/mol. The molecule has 27 heavy (non-hydrogen) atoms. The van der Waals surface area contributed by atoms with Crippen molar-refractivity contribution in [3.8, 4) is 11.8 Å². The van der Waals surface area contributed by atoms with E-state index in [0.717, 1.165) is 12.8 Å². The average molecular weight is 362 g/mol. The number of benzene rings is 1. The van der Waals surface area contributed by atoms with Gasteiger partial charge in [-0.1, -0.05) is 11.8 Å². The number of nitrogens with zero attached hydrogens (tertiary/aromatic N) is 1. The molecule has 1 aromatic carbocycles. The third kappa shape index (κ3) is 5.19. The van der Waals surface area contributed by atoms with Gasteiger partial charge in [0.25, 0.3) is 5.91 Å². The molecule has 3 rings (SSSR count). The van der Waals surface area contributed by atoms with Crippen molar-refractivity contribution < 1.29 is 9.18 Å². The Kier molecular flexibility index (Phi) is 5.85.